The van der Waals surface area contributed by atoms with Crippen LogP contribution in [0.25, 0.3) is 5.73 Å². The topological polar surface area (TPSA) is 33.0 Å². The summed E-state index contributed by atoms with van der Waals surface area (Å²) in [4.78, 5) is 0. The van der Waals surface area contributed by atoms with Crippen molar-refractivity contribution in [1.29, 1.82) is 0 Å². The molecular weight excluding hydrogens is 324 g/mol. The Kier molecular flexibility index (Phi) is 7.83. The predicted molar refractivity (Wildman–Crippen MR) is 53.0 cm³/mol. The third kappa shape index (κ3) is 5.56. The Bertz CT molecular complexity index is 228. The molecule has 0 bridgehead atoms. The van der Waals surface area contributed by atoms with Crippen LogP contribution in [0.15, 0.2) is 28.7 Å². The normalized spacial score (nSPS) is 9.38. The molecule has 0 aliphatic heterocycles. The third-order valence-corrected chi connectivity index (χ3v) is 1.96. The Morgan fingerprint density at radius 2 is 1.85 bits per heavy atom. The zero-order chi connectivity index (χ0) is 8.81. The van der Waals surface area contributed by atoms with E-state index < -0.39 is 0 Å². The van der Waals surface area contributed by atoms with Gasteiger partial charge in [0.25, 0.3) is 0 Å². The van der Waals surface area contributed by atoms with Gasteiger partial charge in [0.05, 0.1) is 6.61 Å². The molecule has 0 fully saturated rings. The van der Waals surface area contributed by atoms with Gasteiger partial charge in [0.15, 0.2) is 0 Å². The maximum atomic E-state index is 6.87. The molecule has 0 aromatic heterocycles. The zero-order valence-corrected chi connectivity index (χ0v) is 10.2. The summed E-state index contributed by atoms with van der Waals surface area (Å²) in [6.45, 7) is 1.44. The fourth-order valence-electron chi connectivity index (χ4n) is 0.843. The zero-order valence-electron chi connectivity index (χ0n) is 7.03. The molecule has 0 unspecified atom stereocenters. The van der Waals surface area contributed by atoms with Crippen molar-refractivity contribution in [3.8, 4) is 0 Å². The number of nitrogens with one attached hydrogen (secondary N) is 1. The van der Waals surface area contributed by atoms with Crippen molar-refractivity contribution in [2.75, 3.05) is 13.2 Å². The molecule has 1 aromatic rings. The van der Waals surface area contributed by atoms with E-state index in [1.165, 1.54) is 0 Å². The van der Waals surface area contributed by atoms with E-state index in [-0.39, 0.29) is 20.4 Å². The van der Waals surface area contributed by atoms with Gasteiger partial charge in [0.2, 0.25) is 0 Å². The first-order valence-electron chi connectivity index (χ1n) is 3.79. The summed E-state index contributed by atoms with van der Waals surface area (Å²) >= 11 is 3.36. The first-order chi connectivity index (χ1) is 5.83. The molecule has 13 heavy (non-hydrogen) atoms. The maximum Gasteiger partial charge on any atom is 0.0716 e. The van der Waals surface area contributed by atoms with Crippen molar-refractivity contribution in [3.05, 3.63) is 40.0 Å². The van der Waals surface area contributed by atoms with Crippen LogP contribution in [0.1, 0.15) is 5.56 Å². The van der Waals surface area contributed by atoms with Crippen molar-refractivity contribution in [2.45, 2.75) is 6.61 Å². The average Bonchev–Trinajstić information content (AvgIpc) is 2.09. The van der Waals surface area contributed by atoms with Crippen molar-refractivity contribution in [3.63, 3.8) is 0 Å². The largest absolute Gasteiger partial charge is 0.676 e. The van der Waals surface area contributed by atoms with Crippen molar-refractivity contribution < 1.29 is 25.2 Å². The quantitative estimate of drug-likeness (QED) is 0.615. The molecule has 0 heterocycles. The Morgan fingerprint density at radius 3 is 2.38 bits per heavy atom. The number of rotatable bonds is 4. The molecule has 2 nitrogen and oxygen atoms in total. The van der Waals surface area contributed by atoms with Crippen LogP contribution in [0.4, 0.5) is 0 Å². The van der Waals surface area contributed by atoms with Crippen LogP contribution < -0.4 is 0 Å². The van der Waals surface area contributed by atoms with E-state index in [1.54, 1.807) is 0 Å². The molecule has 76 valence electrons. The third-order valence-electron chi connectivity index (χ3n) is 1.43. The van der Waals surface area contributed by atoms with Gasteiger partial charge >= 0.3 is 0 Å². The van der Waals surface area contributed by atoms with Crippen LogP contribution in [0.3, 0.4) is 0 Å². The van der Waals surface area contributed by atoms with Gasteiger partial charge in [-0.25, -0.2) is 0 Å². The molecule has 1 N–H and O–H groups in total. The Hall–Kier alpha value is 0.282. The Morgan fingerprint density at radius 1 is 1.23 bits per heavy atom. The van der Waals surface area contributed by atoms with E-state index in [2.05, 4.69) is 15.9 Å². The first kappa shape index (κ1) is 13.3. The number of halogens is 1. The number of hydrogen-bond acceptors (Lipinski definition) is 1. The SMILES string of the molecule is [NH-]CCOCc1ccc(Br)cc1.[Pd]. The monoisotopic (exact) mass is 334 g/mol. The predicted octanol–water partition coefficient (Wildman–Crippen LogP) is 3.02. The summed E-state index contributed by atoms with van der Waals surface area (Å²) in [5.74, 6) is 0. The van der Waals surface area contributed by atoms with Crippen molar-refractivity contribution in [2.24, 2.45) is 0 Å². The van der Waals surface area contributed by atoms with E-state index in [4.69, 9.17) is 10.5 Å². The minimum atomic E-state index is 0. The van der Waals surface area contributed by atoms with Gasteiger partial charge in [0, 0.05) is 31.5 Å². The van der Waals surface area contributed by atoms with Gasteiger partial charge in [-0.1, -0.05) is 28.1 Å². The number of ether oxygens (including phenoxy) is 1. The Labute approximate surface area is 101 Å². The molecule has 0 atom stereocenters. The van der Waals surface area contributed by atoms with Gasteiger partial charge in [-0.3, -0.25) is 0 Å². The Balaban J connectivity index is 0.00000144. The number of hydrogen-bond donors (Lipinski definition) is 0. The van der Waals surface area contributed by atoms with Gasteiger partial charge in [-0.15, -0.1) is 6.54 Å². The minimum absolute atomic E-state index is 0. The smallest absolute Gasteiger partial charge is 0.0716 e. The molecule has 1 rings (SSSR count). The standard InChI is InChI=1S/C9H11BrNO.Pd/c10-9-3-1-8(2-4-9)7-12-6-5-11;/h1-4,11H,5-7H2;/q-1;. The summed E-state index contributed by atoms with van der Waals surface area (Å²) in [7, 11) is 0. The summed E-state index contributed by atoms with van der Waals surface area (Å²) < 4.78 is 6.28. The molecule has 0 spiro atoms. The molecule has 0 aliphatic rings. The summed E-state index contributed by atoms with van der Waals surface area (Å²) in [5.41, 5.74) is 8.02. The molecule has 0 saturated heterocycles. The molecular formula is C9H11BrNOPd-. The van der Waals surface area contributed by atoms with E-state index in [0.717, 1.165) is 10.0 Å². The molecule has 0 aliphatic carbocycles. The van der Waals surface area contributed by atoms with Crippen molar-refractivity contribution in [1.82, 2.24) is 0 Å². The molecule has 0 radical (unpaired) electrons. The van der Waals surface area contributed by atoms with Gasteiger partial charge < -0.3 is 10.5 Å². The maximum absolute atomic E-state index is 6.87. The summed E-state index contributed by atoms with van der Waals surface area (Å²) in [6, 6.07) is 7.99. The van der Waals surface area contributed by atoms with Crippen LogP contribution >= 0.6 is 15.9 Å². The van der Waals surface area contributed by atoms with Crippen molar-refractivity contribution >= 4 is 15.9 Å². The van der Waals surface area contributed by atoms with Crippen LogP contribution in [-0.2, 0) is 31.8 Å². The van der Waals surface area contributed by atoms with Crippen LogP contribution in [0.5, 0.6) is 0 Å². The van der Waals surface area contributed by atoms with Gasteiger partial charge in [-0.2, -0.15) is 0 Å². The second-order valence-electron chi connectivity index (χ2n) is 2.43. The van der Waals surface area contributed by atoms with E-state index in [1.807, 2.05) is 24.3 Å². The van der Waals surface area contributed by atoms with Crippen LogP contribution in [0.2, 0.25) is 0 Å². The number of benzene rings is 1. The minimum Gasteiger partial charge on any atom is -0.676 e. The van der Waals surface area contributed by atoms with Crippen LogP contribution in [-0.4, -0.2) is 13.2 Å². The first-order valence-corrected chi connectivity index (χ1v) is 4.59. The van der Waals surface area contributed by atoms with E-state index in [9.17, 15) is 0 Å². The fraction of sp³-hybridized carbons (Fsp3) is 0.333. The van der Waals surface area contributed by atoms with Crippen LogP contribution in [0, 0.1) is 0 Å². The molecule has 4 heteroatoms. The molecule has 0 amide bonds. The average molecular weight is 336 g/mol. The van der Waals surface area contributed by atoms with Gasteiger partial charge in [0.1, 0.15) is 0 Å². The fourth-order valence-corrected chi connectivity index (χ4v) is 1.11. The molecule has 0 saturated carbocycles. The summed E-state index contributed by atoms with van der Waals surface area (Å²) in [5, 5.41) is 0. The van der Waals surface area contributed by atoms with E-state index >= 15 is 0 Å². The van der Waals surface area contributed by atoms with E-state index in [0.29, 0.717) is 19.8 Å². The molecule has 1 aromatic carbocycles. The summed E-state index contributed by atoms with van der Waals surface area (Å²) in [6.07, 6.45) is 0. The van der Waals surface area contributed by atoms with Gasteiger partial charge in [-0.05, 0) is 17.7 Å². The second kappa shape index (κ2) is 7.66. The second-order valence-corrected chi connectivity index (χ2v) is 3.34.